The van der Waals surface area contributed by atoms with Gasteiger partial charge in [0.05, 0.1) is 4.92 Å². The Morgan fingerprint density at radius 1 is 1.26 bits per heavy atom. The summed E-state index contributed by atoms with van der Waals surface area (Å²) in [5.74, 6) is 1.05. The van der Waals surface area contributed by atoms with Gasteiger partial charge in [-0.25, -0.2) is 0 Å². The molecule has 0 amide bonds. The Kier molecular flexibility index (Phi) is 3.55. The summed E-state index contributed by atoms with van der Waals surface area (Å²) >= 11 is 0. The monoisotopic (exact) mass is 261 g/mol. The molecule has 0 fully saturated rings. The molecule has 2 rings (SSSR count). The molecule has 0 saturated heterocycles. The number of hydrogen-bond acceptors (Lipinski definition) is 4. The number of nitro benzene ring substituents is 1. The molecule has 19 heavy (non-hydrogen) atoms. The first-order valence-corrected chi connectivity index (χ1v) is 6.46. The van der Waals surface area contributed by atoms with Crippen molar-refractivity contribution >= 4 is 17.2 Å². The molecule has 0 bridgehead atoms. The summed E-state index contributed by atoms with van der Waals surface area (Å²) < 4.78 is 0. The molecule has 0 spiro atoms. The molecule has 1 aliphatic heterocycles. The smallest absolute Gasteiger partial charge is 0.269 e. The lowest BCUT2D eigenvalue weighted by molar-refractivity contribution is -0.384. The van der Waals surface area contributed by atoms with Crippen LogP contribution in [0.25, 0.3) is 0 Å². The van der Waals surface area contributed by atoms with Gasteiger partial charge in [0, 0.05) is 36.3 Å². The van der Waals surface area contributed by atoms with Gasteiger partial charge in [0.15, 0.2) is 0 Å². The van der Waals surface area contributed by atoms with Crippen LogP contribution in [-0.2, 0) is 0 Å². The molecule has 0 radical (unpaired) electrons. The maximum Gasteiger partial charge on any atom is 0.269 e. The predicted octanol–water partition coefficient (Wildman–Crippen LogP) is 3.25. The number of hydrogen-bond donors (Lipinski definition) is 0. The van der Waals surface area contributed by atoms with Gasteiger partial charge in [-0.05, 0) is 18.6 Å². The molecule has 1 aromatic rings. The zero-order chi connectivity index (χ0) is 14.0. The Morgan fingerprint density at radius 3 is 2.42 bits per heavy atom. The van der Waals surface area contributed by atoms with Crippen LogP contribution in [0.15, 0.2) is 29.3 Å². The molecule has 102 valence electrons. The van der Waals surface area contributed by atoms with Crippen molar-refractivity contribution in [2.45, 2.75) is 27.2 Å². The number of anilines is 1. The molecule has 0 unspecified atom stereocenters. The summed E-state index contributed by atoms with van der Waals surface area (Å²) in [5.41, 5.74) is 1.07. The van der Waals surface area contributed by atoms with E-state index in [2.05, 4.69) is 30.7 Å². The lowest BCUT2D eigenvalue weighted by Crippen LogP contribution is -2.43. The zero-order valence-corrected chi connectivity index (χ0v) is 11.6. The van der Waals surface area contributed by atoms with Crippen molar-refractivity contribution in [2.75, 3.05) is 18.0 Å². The second-order valence-electron chi connectivity index (χ2n) is 5.73. The van der Waals surface area contributed by atoms with E-state index in [1.807, 2.05) is 0 Å². The molecule has 0 saturated carbocycles. The van der Waals surface area contributed by atoms with Gasteiger partial charge in [-0.1, -0.05) is 20.8 Å². The third-order valence-electron chi connectivity index (χ3n) is 3.10. The van der Waals surface area contributed by atoms with Crippen molar-refractivity contribution < 1.29 is 4.92 Å². The highest BCUT2D eigenvalue weighted by atomic mass is 16.6. The van der Waals surface area contributed by atoms with E-state index in [1.165, 1.54) is 0 Å². The predicted molar refractivity (Wildman–Crippen MR) is 76.8 cm³/mol. The summed E-state index contributed by atoms with van der Waals surface area (Å²) in [6.07, 6.45) is 1.01. The minimum Gasteiger partial charge on any atom is -0.330 e. The molecule has 0 N–H and O–H groups in total. The highest BCUT2D eigenvalue weighted by Gasteiger charge is 2.27. The van der Waals surface area contributed by atoms with E-state index in [4.69, 9.17) is 0 Å². The molecule has 1 aliphatic rings. The van der Waals surface area contributed by atoms with Gasteiger partial charge in [0.1, 0.15) is 5.84 Å². The van der Waals surface area contributed by atoms with Crippen molar-refractivity contribution in [1.29, 1.82) is 0 Å². The zero-order valence-electron chi connectivity index (χ0n) is 11.6. The van der Waals surface area contributed by atoms with E-state index in [-0.39, 0.29) is 16.0 Å². The molecule has 0 aromatic heterocycles. The Balaban J connectivity index is 2.31. The van der Waals surface area contributed by atoms with Crippen LogP contribution < -0.4 is 4.90 Å². The van der Waals surface area contributed by atoms with Crippen LogP contribution in [-0.4, -0.2) is 23.8 Å². The maximum absolute atomic E-state index is 10.7. The summed E-state index contributed by atoms with van der Waals surface area (Å²) in [4.78, 5) is 17.1. The first-order chi connectivity index (χ1) is 8.89. The van der Waals surface area contributed by atoms with Gasteiger partial charge in [-0.15, -0.1) is 0 Å². The van der Waals surface area contributed by atoms with Gasteiger partial charge in [-0.2, -0.15) is 0 Å². The molecule has 0 atom stereocenters. The van der Waals surface area contributed by atoms with Gasteiger partial charge in [0.2, 0.25) is 0 Å². The van der Waals surface area contributed by atoms with Gasteiger partial charge in [-0.3, -0.25) is 15.1 Å². The average Bonchev–Trinajstić information content (AvgIpc) is 2.38. The number of nitrogens with zero attached hydrogens (tertiary/aromatic N) is 3. The summed E-state index contributed by atoms with van der Waals surface area (Å²) in [5, 5.41) is 10.7. The quantitative estimate of drug-likeness (QED) is 0.606. The van der Waals surface area contributed by atoms with Crippen LogP contribution in [0.3, 0.4) is 0 Å². The highest BCUT2D eigenvalue weighted by molar-refractivity contribution is 6.01. The summed E-state index contributed by atoms with van der Waals surface area (Å²) in [6.45, 7) is 8.17. The second-order valence-corrected chi connectivity index (χ2v) is 5.73. The molecule has 1 aromatic carbocycles. The molecular weight excluding hydrogens is 242 g/mol. The fourth-order valence-electron chi connectivity index (χ4n) is 2.25. The fourth-order valence-corrected chi connectivity index (χ4v) is 2.25. The van der Waals surface area contributed by atoms with E-state index >= 15 is 0 Å². The summed E-state index contributed by atoms with van der Waals surface area (Å²) in [6, 6.07) is 6.68. The molecule has 1 heterocycles. The first-order valence-electron chi connectivity index (χ1n) is 6.46. The summed E-state index contributed by atoms with van der Waals surface area (Å²) in [7, 11) is 0. The minimum absolute atomic E-state index is 0.0256. The van der Waals surface area contributed by atoms with Gasteiger partial charge >= 0.3 is 0 Å². The normalized spacial score (nSPS) is 16.2. The number of benzene rings is 1. The van der Waals surface area contributed by atoms with Crippen molar-refractivity contribution in [1.82, 2.24) is 0 Å². The van der Waals surface area contributed by atoms with Crippen LogP contribution in [0, 0.1) is 15.5 Å². The lowest BCUT2D eigenvalue weighted by atomic mass is 9.92. The van der Waals surface area contributed by atoms with E-state index in [0.717, 1.165) is 31.0 Å². The standard InChI is InChI=1S/C14H19N3O2/c1-14(2,3)13-15-9-4-10-16(13)11-5-7-12(8-6-11)17(18)19/h5-8H,4,9-10H2,1-3H3. The lowest BCUT2D eigenvalue weighted by Gasteiger charge is -2.36. The van der Waals surface area contributed by atoms with Crippen molar-refractivity contribution in [2.24, 2.45) is 10.4 Å². The van der Waals surface area contributed by atoms with Crippen LogP contribution in [0.4, 0.5) is 11.4 Å². The fraction of sp³-hybridized carbons (Fsp3) is 0.500. The molecule has 5 nitrogen and oxygen atoms in total. The van der Waals surface area contributed by atoms with Crippen LogP contribution in [0.2, 0.25) is 0 Å². The van der Waals surface area contributed by atoms with Crippen molar-refractivity contribution in [3.05, 3.63) is 34.4 Å². The maximum atomic E-state index is 10.7. The van der Waals surface area contributed by atoms with Crippen LogP contribution in [0.1, 0.15) is 27.2 Å². The number of aliphatic imine (C=N–C) groups is 1. The SMILES string of the molecule is CC(C)(C)C1=NCCCN1c1ccc([N+](=O)[O-])cc1. The molecular formula is C14H19N3O2. The Morgan fingerprint density at radius 2 is 1.89 bits per heavy atom. The first kappa shape index (κ1) is 13.5. The molecule has 5 heteroatoms. The Hall–Kier alpha value is -1.91. The Bertz CT molecular complexity index is 500. The van der Waals surface area contributed by atoms with Gasteiger partial charge < -0.3 is 4.90 Å². The minimum atomic E-state index is -0.376. The molecule has 0 aliphatic carbocycles. The highest BCUT2D eigenvalue weighted by Crippen LogP contribution is 2.28. The third kappa shape index (κ3) is 2.92. The van der Waals surface area contributed by atoms with E-state index in [1.54, 1.807) is 24.3 Å². The average molecular weight is 261 g/mol. The van der Waals surface area contributed by atoms with Crippen LogP contribution in [0.5, 0.6) is 0 Å². The van der Waals surface area contributed by atoms with Gasteiger partial charge in [0.25, 0.3) is 5.69 Å². The second kappa shape index (κ2) is 4.99. The number of non-ortho nitro benzene ring substituents is 1. The number of amidine groups is 1. The number of nitro groups is 1. The Labute approximate surface area is 113 Å². The van der Waals surface area contributed by atoms with E-state index in [9.17, 15) is 10.1 Å². The van der Waals surface area contributed by atoms with E-state index < -0.39 is 0 Å². The largest absolute Gasteiger partial charge is 0.330 e. The van der Waals surface area contributed by atoms with E-state index in [0.29, 0.717) is 0 Å². The van der Waals surface area contributed by atoms with Crippen molar-refractivity contribution in [3.63, 3.8) is 0 Å². The third-order valence-corrected chi connectivity index (χ3v) is 3.10. The van der Waals surface area contributed by atoms with Crippen molar-refractivity contribution in [3.8, 4) is 0 Å². The topological polar surface area (TPSA) is 58.7 Å². The number of rotatable bonds is 2. The van der Waals surface area contributed by atoms with Crippen LogP contribution >= 0.6 is 0 Å².